The molecule has 0 spiro atoms. The Morgan fingerprint density at radius 1 is 1.00 bits per heavy atom. The number of amides is 1. The van der Waals surface area contributed by atoms with E-state index in [0.717, 1.165) is 0 Å². The third-order valence-corrected chi connectivity index (χ3v) is 7.18. The van der Waals surface area contributed by atoms with E-state index in [1.807, 2.05) is 0 Å². The lowest BCUT2D eigenvalue weighted by Crippen LogP contribution is -2.40. The highest BCUT2D eigenvalue weighted by molar-refractivity contribution is 7.89. The molecule has 0 bridgehead atoms. The molecule has 1 amide bonds. The van der Waals surface area contributed by atoms with Crippen LogP contribution in [0.2, 0.25) is 0 Å². The number of esters is 2. The molecule has 0 unspecified atom stereocenters. The first kappa shape index (κ1) is 25.3. The van der Waals surface area contributed by atoms with E-state index in [0.29, 0.717) is 5.69 Å². The average Bonchev–Trinajstić information content (AvgIpc) is 2.84. The van der Waals surface area contributed by atoms with E-state index in [4.69, 9.17) is 9.47 Å². The molecule has 1 aliphatic heterocycles. The van der Waals surface area contributed by atoms with E-state index in [2.05, 4.69) is 5.32 Å². The fraction of sp³-hybridized carbons (Fsp3) is 0.348. The van der Waals surface area contributed by atoms with Crippen LogP contribution < -0.4 is 5.32 Å². The molecule has 0 atom stereocenters. The molecule has 0 saturated carbocycles. The van der Waals surface area contributed by atoms with Crippen LogP contribution in [0.15, 0.2) is 53.4 Å². The minimum Gasteiger partial charge on any atom is -0.462 e. The molecule has 1 saturated heterocycles. The van der Waals surface area contributed by atoms with Gasteiger partial charge in [0.2, 0.25) is 10.0 Å². The number of anilines is 1. The van der Waals surface area contributed by atoms with Gasteiger partial charge in [-0.2, -0.15) is 4.31 Å². The highest BCUT2D eigenvalue weighted by Crippen LogP contribution is 2.25. The SMILES string of the molecule is CCOC(=O)c1ccc(S(=O)(=O)N2CCC(C(=O)OCC(=O)Nc3ccc(F)cc3)CC2)cc1. The molecule has 0 aliphatic carbocycles. The number of nitrogens with one attached hydrogen (secondary N) is 1. The number of ether oxygens (including phenoxy) is 2. The normalized spacial score (nSPS) is 14.9. The standard InChI is InChI=1S/C23H25FN2O7S/c1-2-32-22(28)16-3-9-20(10-4-16)34(30,31)26-13-11-17(12-14-26)23(29)33-15-21(27)25-19-7-5-18(24)6-8-19/h3-10,17H,2,11-15H2,1H3,(H,25,27). The zero-order valence-electron chi connectivity index (χ0n) is 18.5. The van der Waals surface area contributed by atoms with E-state index in [1.54, 1.807) is 6.92 Å². The maximum atomic E-state index is 12.9. The Labute approximate surface area is 196 Å². The average molecular weight is 493 g/mol. The zero-order chi connectivity index (χ0) is 24.7. The summed E-state index contributed by atoms with van der Waals surface area (Å²) in [6, 6.07) is 10.6. The minimum absolute atomic E-state index is 0.0408. The molecule has 9 nitrogen and oxygen atoms in total. The van der Waals surface area contributed by atoms with Gasteiger partial charge in [-0.05, 0) is 68.3 Å². The van der Waals surface area contributed by atoms with Gasteiger partial charge in [0.25, 0.3) is 5.91 Å². The molecular weight excluding hydrogens is 467 g/mol. The van der Waals surface area contributed by atoms with Gasteiger partial charge in [-0.25, -0.2) is 17.6 Å². The summed E-state index contributed by atoms with van der Waals surface area (Å²) in [5.74, 6) is -2.64. The van der Waals surface area contributed by atoms with Crippen LogP contribution in [0.4, 0.5) is 10.1 Å². The van der Waals surface area contributed by atoms with Crippen LogP contribution in [0.25, 0.3) is 0 Å². The van der Waals surface area contributed by atoms with Crippen molar-refractivity contribution in [3.05, 3.63) is 59.9 Å². The van der Waals surface area contributed by atoms with Gasteiger partial charge in [-0.3, -0.25) is 9.59 Å². The third kappa shape index (κ3) is 6.39. The van der Waals surface area contributed by atoms with Gasteiger partial charge in [0.05, 0.1) is 23.0 Å². The van der Waals surface area contributed by atoms with Crippen LogP contribution in [-0.2, 0) is 29.1 Å². The molecule has 1 heterocycles. The summed E-state index contributed by atoms with van der Waals surface area (Å²) in [4.78, 5) is 36.0. The van der Waals surface area contributed by atoms with E-state index in [-0.39, 0.29) is 43.0 Å². The maximum absolute atomic E-state index is 12.9. The van der Waals surface area contributed by atoms with Gasteiger partial charge in [0.15, 0.2) is 6.61 Å². The monoisotopic (exact) mass is 492 g/mol. The van der Waals surface area contributed by atoms with Crippen LogP contribution in [0.3, 0.4) is 0 Å². The molecule has 1 aliphatic rings. The van der Waals surface area contributed by atoms with Crippen molar-refractivity contribution in [3.63, 3.8) is 0 Å². The fourth-order valence-electron chi connectivity index (χ4n) is 3.44. The van der Waals surface area contributed by atoms with Crippen molar-refractivity contribution in [1.82, 2.24) is 4.31 Å². The van der Waals surface area contributed by atoms with Crippen molar-refractivity contribution >= 4 is 33.6 Å². The molecule has 3 rings (SSSR count). The lowest BCUT2D eigenvalue weighted by Gasteiger charge is -2.30. The Balaban J connectivity index is 1.48. The second kappa shape index (κ2) is 11.2. The van der Waals surface area contributed by atoms with Crippen LogP contribution in [0.1, 0.15) is 30.1 Å². The number of hydrogen-bond acceptors (Lipinski definition) is 7. The predicted molar refractivity (Wildman–Crippen MR) is 120 cm³/mol. The first-order valence-corrected chi connectivity index (χ1v) is 12.1. The van der Waals surface area contributed by atoms with E-state index < -0.39 is 46.2 Å². The molecule has 2 aromatic rings. The largest absolute Gasteiger partial charge is 0.462 e. The number of piperidine rings is 1. The predicted octanol–water partition coefficient (Wildman–Crippen LogP) is 2.59. The molecule has 1 fully saturated rings. The van der Waals surface area contributed by atoms with Crippen LogP contribution in [0, 0.1) is 11.7 Å². The number of nitrogens with zero attached hydrogens (tertiary/aromatic N) is 1. The topological polar surface area (TPSA) is 119 Å². The number of rotatable bonds is 8. The first-order valence-electron chi connectivity index (χ1n) is 10.7. The summed E-state index contributed by atoms with van der Waals surface area (Å²) < 4.78 is 49.9. The van der Waals surface area contributed by atoms with E-state index in [1.165, 1.54) is 52.8 Å². The molecule has 2 aromatic carbocycles. The summed E-state index contributed by atoms with van der Waals surface area (Å²) in [5.41, 5.74) is 0.627. The summed E-state index contributed by atoms with van der Waals surface area (Å²) in [7, 11) is -3.79. The molecule has 34 heavy (non-hydrogen) atoms. The Morgan fingerprint density at radius 3 is 2.21 bits per heavy atom. The Kier molecular flexibility index (Phi) is 8.35. The van der Waals surface area contributed by atoms with E-state index >= 15 is 0 Å². The number of carbonyl (C=O) groups excluding carboxylic acids is 3. The number of hydrogen-bond donors (Lipinski definition) is 1. The summed E-state index contributed by atoms with van der Waals surface area (Å²) in [6.45, 7) is 1.63. The summed E-state index contributed by atoms with van der Waals surface area (Å²) in [6.07, 6.45) is 0.497. The van der Waals surface area contributed by atoms with Crippen molar-refractivity contribution in [3.8, 4) is 0 Å². The molecule has 182 valence electrons. The maximum Gasteiger partial charge on any atom is 0.338 e. The smallest absolute Gasteiger partial charge is 0.338 e. The molecule has 11 heteroatoms. The second-order valence-electron chi connectivity index (χ2n) is 7.59. The van der Waals surface area contributed by atoms with Crippen LogP contribution >= 0.6 is 0 Å². The minimum atomic E-state index is -3.79. The third-order valence-electron chi connectivity index (χ3n) is 5.26. The van der Waals surface area contributed by atoms with E-state index in [9.17, 15) is 27.2 Å². The summed E-state index contributed by atoms with van der Waals surface area (Å²) >= 11 is 0. The Morgan fingerprint density at radius 2 is 1.62 bits per heavy atom. The van der Waals surface area contributed by atoms with Crippen LogP contribution in [-0.4, -0.2) is 56.9 Å². The quantitative estimate of drug-likeness (QED) is 0.563. The molecule has 0 radical (unpaired) electrons. The summed E-state index contributed by atoms with van der Waals surface area (Å²) in [5, 5.41) is 2.49. The molecule has 0 aromatic heterocycles. The van der Waals surface area contributed by atoms with Crippen LogP contribution in [0.5, 0.6) is 0 Å². The fourth-order valence-corrected chi connectivity index (χ4v) is 4.91. The van der Waals surface area contributed by atoms with Gasteiger partial charge < -0.3 is 14.8 Å². The molecule has 1 N–H and O–H groups in total. The number of halogens is 1. The number of sulfonamides is 1. The van der Waals surface area contributed by atoms with Gasteiger partial charge in [0, 0.05) is 18.8 Å². The van der Waals surface area contributed by atoms with Gasteiger partial charge in [0.1, 0.15) is 5.82 Å². The van der Waals surface area contributed by atoms with Crippen molar-refractivity contribution in [2.75, 3.05) is 31.6 Å². The Bertz CT molecular complexity index is 1130. The van der Waals surface area contributed by atoms with Crippen molar-refractivity contribution in [1.29, 1.82) is 0 Å². The van der Waals surface area contributed by atoms with Gasteiger partial charge in [-0.15, -0.1) is 0 Å². The van der Waals surface area contributed by atoms with Gasteiger partial charge in [-0.1, -0.05) is 0 Å². The highest BCUT2D eigenvalue weighted by Gasteiger charge is 2.33. The molecular formula is C23H25FN2O7S. The highest BCUT2D eigenvalue weighted by atomic mass is 32.2. The first-order chi connectivity index (χ1) is 16.2. The second-order valence-corrected chi connectivity index (χ2v) is 9.52. The lowest BCUT2D eigenvalue weighted by molar-refractivity contribution is -0.152. The number of benzene rings is 2. The number of carbonyl (C=O) groups is 3. The lowest BCUT2D eigenvalue weighted by atomic mass is 9.98. The van der Waals surface area contributed by atoms with Crippen molar-refractivity contribution in [2.45, 2.75) is 24.7 Å². The zero-order valence-corrected chi connectivity index (χ0v) is 19.3. The van der Waals surface area contributed by atoms with Crippen molar-refractivity contribution in [2.24, 2.45) is 5.92 Å². The van der Waals surface area contributed by atoms with Gasteiger partial charge >= 0.3 is 11.9 Å². The Hall–Kier alpha value is -3.31. The van der Waals surface area contributed by atoms with Crippen molar-refractivity contribution < 1.29 is 36.7 Å².